The van der Waals surface area contributed by atoms with Crippen LogP contribution in [0.25, 0.3) is 0 Å². The largest absolute Gasteiger partial charge is 0.383 e. The Morgan fingerprint density at radius 2 is 1.80 bits per heavy atom. The molecular formula is C32H26ClF2N5O4. The molecule has 2 amide bonds. The van der Waals surface area contributed by atoms with Gasteiger partial charge in [-0.05, 0) is 48.7 Å². The number of Topliss-reactive ketones (excluding diaryl/α,β-unsaturated/α-hetero) is 1. The first-order chi connectivity index (χ1) is 21.0. The number of aliphatic hydroxyl groups excluding tert-OH is 1. The van der Waals surface area contributed by atoms with Crippen molar-refractivity contribution in [2.45, 2.75) is 56.2 Å². The van der Waals surface area contributed by atoms with E-state index < -0.39 is 41.7 Å². The number of benzene rings is 2. The van der Waals surface area contributed by atoms with E-state index in [9.17, 15) is 38.8 Å². The molecule has 5 rings (SSSR count). The fourth-order valence-electron chi connectivity index (χ4n) is 5.75. The lowest BCUT2D eigenvalue weighted by Gasteiger charge is -2.37. The van der Waals surface area contributed by atoms with Crippen LogP contribution in [0, 0.1) is 28.6 Å². The molecular weight excluding hydrogens is 592 g/mol. The van der Waals surface area contributed by atoms with E-state index in [1.54, 1.807) is 24.3 Å². The zero-order valence-corrected chi connectivity index (χ0v) is 24.0. The molecule has 9 nitrogen and oxygen atoms in total. The molecule has 3 atom stereocenters. The number of rotatable bonds is 9. The Morgan fingerprint density at radius 3 is 2.48 bits per heavy atom. The first-order valence-corrected chi connectivity index (χ1v) is 14.3. The molecule has 0 radical (unpaired) electrons. The predicted molar refractivity (Wildman–Crippen MR) is 156 cm³/mol. The van der Waals surface area contributed by atoms with Gasteiger partial charge in [0.25, 0.3) is 11.8 Å². The maximum Gasteiger partial charge on any atom is 0.257 e. The summed E-state index contributed by atoms with van der Waals surface area (Å²) < 4.78 is 27.0. The molecule has 1 aliphatic carbocycles. The van der Waals surface area contributed by atoms with Crippen molar-refractivity contribution in [1.29, 1.82) is 10.5 Å². The average molecular weight is 618 g/mol. The average Bonchev–Trinajstić information content (AvgIpc) is 3.31. The van der Waals surface area contributed by atoms with Crippen LogP contribution in [0.3, 0.4) is 0 Å². The van der Waals surface area contributed by atoms with Crippen LogP contribution in [0.15, 0.2) is 66.9 Å². The molecule has 1 N–H and O–H groups in total. The maximum absolute atomic E-state index is 14.6. The number of ketones is 1. The summed E-state index contributed by atoms with van der Waals surface area (Å²) in [5, 5.41) is 29.8. The Balaban J connectivity index is 1.61. The topological polar surface area (TPSA) is 138 Å². The molecule has 2 aromatic carbocycles. The number of carbonyl (C=O) groups is 3. The SMILES string of the molecule is N#Cc1cccc(N(C(=O)[C@@H]2C[C@@H](O)C(=O)N2c2cc(C#N)ccn2)C(C(=O)CCC2CC(F)(F)C2)c2ccccc2Cl)c1. The summed E-state index contributed by atoms with van der Waals surface area (Å²) in [6.07, 6.45) is -1.23. The number of alkyl halides is 2. The lowest BCUT2D eigenvalue weighted by atomic mass is 9.77. The van der Waals surface area contributed by atoms with Gasteiger partial charge in [-0.2, -0.15) is 10.5 Å². The van der Waals surface area contributed by atoms with Crippen molar-refractivity contribution in [2.24, 2.45) is 5.92 Å². The molecule has 1 saturated heterocycles. The fourth-order valence-corrected chi connectivity index (χ4v) is 5.99. The molecule has 12 heteroatoms. The number of nitriles is 2. The summed E-state index contributed by atoms with van der Waals surface area (Å²) in [7, 11) is 0. The molecule has 0 spiro atoms. The van der Waals surface area contributed by atoms with Gasteiger partial charge in [0.15, 0.2) is 5.78 Å². The van der Waals surface area contributed by atoms with Crippen molar-refractivity contribution < 1.29 is 28.3 Å². The van der Waals surface area contributed by atoms with E-state index in [1.165, 1.54) is 42.6 Å². The summed E-state index contributed by atoms with van der Waals surface area (Å²) in [6.45, 7) is 0. The third-order valence-electron chi connectivity index (χ3n) is 7.91. The second-order valence-corrected chi connectivity index (χ2v) is 11.3. The van der Waals surface area contributed by atoms with E-state index in [0.717, 1.165) is 9.80 Å². The van der Waals surface area contributed by atoms with Gasteiger partial charge in [-0.25, -0.2) is 13.8 Å². The van der Waals surface area contributed by atoms with Crippen molar-refractivity contribution in [1.82, 2.24) is 4.98 Å². The molecule has 224 valence electrons. The van der Waals surface area contributed by atoms with Crippen LogP contribution in [0.2, 0.25) is 5.02 Å². The van der Waals surface area contributed by atoms with E-state index in [1.807, 2.05) is 12.1 Å². The second kappa shape index (κ2) is 12.5. The first kappa shape index (κ1) is 30.7. The Labute approximate surface area is 256 Å². The number of anilines is 2. The smallest absolute Gasteiger partial charge is 0.257 e. The van der Waals surface area contributed by atoms with Gasteiger partial charge in [0.2, 0.25) is 5.92 Å². The lowest BCUT2D eigenvalue weighted by molar-refractivity contribution is -0.129. The standard InChI is InChI=1S/C32H26ClF2N5O4/c33-24-7-2-1-6-23(24)29(26(41)9-8-21-15-32(34,35)16-21)39(22-5-3-4-19(12-22)17-36)30(43)25-14-27(42)31(44)40(25)28-13-20(18-37)10-11-38-28/h1-7,10-13,21,25,27,29,42H,8-9,14-16H2/t25-,27+,29?/m0/s1. The van der Waals surface area contributed by atoms with Crippen LogP contribution in [0.1, 0.15) is 54.8 Å². The third kappa shape index (κ3) is 6.16. The summed E-state index contributed by atoms with van der Waals surface area (Å²) in [5.74, 6) is -5.23. The Morgan fingerprint density at radius 1 is 1.09 bits per heavy atom. The fraction of sp³-hybridized carbons (Fsp3) is 0.312. The molecule has 1 unspecified atom stereocenters. The molecule has 2 fully saturated rings. The first-order valence-electron chi connectivity index (χ1n) is 13.9. The van der Waals surface area contributed by atoms with E-state index in [2.05, 4.69) is 4.98 Å². The highest BCUT2D eigenvalue weighted by Crippen LogP contribution is 2.45. The highest BCUT2D eigenvalue weighted by Gasteiger charge is 2.49. The molecule has 2 heterocycles. The van der Waals surface area contributed by atoms with Crippen LogP contribution in [0.5, 0.6) is 0 Å². The van der Waals surface area contributed by atoms with E-state index in [-0.39, 0.29) is 71.2 Å². The van der Waals surface area contributed by atoms with E-state index in [0.29, 0.717) is 0 Å². The molecule has 3 aromatic rings. The number of aromatic nitrogens is 1. The predicted octanol–water partition coefficient (Wildman–Crippen LogP) is 5.11. The van der Waals surface area contributed by atoms with Gasteiger partial charge in [-0.1, -0.05) is 35.9 Å². The summed E-state index contributed by atoms with van der Waals surface area (Å²) >= 11 is 6.57. The number of nitrogens with zero attached hydrogens (tertiary/aromatic N) is 5. The van der Waals surface area contributed by atoms with Gasteiger partial charge in [0.1, 0.15) is 24.0 Å². The summed E-state index contributed by atoms with van der Waals surface area (Å²) in [6, 6.07) is 16.3. The number of carbonyl (C=O) groups excluding carboxylic acids is 3. The number of hydrogen-bond donors (Lipinski definition) is 1. The third-order valence-corrected chi connectivity index (χ3v) is 8.26. The Bertz CT molecular complexity index is 1700. The van der Waals surface area contributed by atoms with Crippen molar-refractivity contribution in [3.05, 3.63) is 88.6 Å². The lowest BCUT2D eigenvalue weighted by Crippen LogP contribution is -2.50. The summed E-state index contributed by atoms with van der Waals surface area (Å²) in [4.78, 5) is 48.2. The number of aliphatic hydroxyl groups is 1. The second-order valence-electron chi connectivity index (χ2n) is 10.9. The summed E-state index contributed by atoms with van der Waals surface area (Å²) in [5.41, 5.74) is 0.759. The van der Waals surface area contributed by atoms with E-state index >= 15 is 0 Å². The van der Waals surface area contributed by atoms with Gasteiger partial charge in [-0.3, -0.25) is 24.2 Å². The molecule has 2 aliphatic rings. The quantitative estimate of drug-likeness (QED) is 0.352. The van der Waals surface area contributed by atoms with Crippen molar-refractivity contribution in [3.63, 3.8) is 0 Å². The maximum atomic E-state index is 14.6. The minimum atomic E-state index is -2.76. The monoisotopic (exact) mass is 617 g/mol. The number of amides is 2. The highest BCUT2D eigenvalue weighted by atomic mass is 35.5. The molecule has 1 aromatic heterocycles. The van der Waals surface area contributed by atoms with Gasteiger partial charge in [0.05, 0.1) is 23.3 Å². The van der Waals surface area contributed by atoms with Crippen molar-refractivity contribution in [2.75, 3.05) is 9.80 Å². The van der Waals surface area contributed by atoms with Gasteiger partial charge in [0, 0.05) is 48.2 Å². The molecule has 1 aliphatic heterocycles. The zero-order valence-electron chi connectivity index (χ0n) is 23.2. The van der Waals surface area contributed by atoms with Crippen molar-refractivity contribution >= 4 is 40.7 Å². The minimum absolute atomic E-state index is 0.0405. The number of halogens is 3. The highest BCUT2D eigenvalue weighted by molar-refractivity contribution is 6.31. The minimum Gasteiger partial charge on any atom is -0.383 e. The molecule has 1 saturated carbocycles. The molecule has 44 heavy (non-hydrogen) atoms. The Hall–Kier alpha value is -4.71. The zero-order chi connectivity index (χ0) is 31.6. The van der Waals surface area contributed by atoms with Crippen LogP contribution in [0.4, 0.5) is 20.3 Å². The van der Waals surface area contributed by atoms with E-state index in [4.69, 9.17) is 11.6 Å². The molecule has 0 bridgehead atoms. The normalized spacial score (nSPS) is 19.9. The van der Waals surface area contributed by atoms with Gasteiger partial charge in [-0.15, -0.1) is 0 Å². The van der Waals surface area contributed by atoms with Crippen LogP contribution < -0.4 is 9.80 Å². The Kier molecular flexibility index (Phi) is 8.73. The van der Waals surface area contributed by atoms with Crippen molar-refractivity contribution in [3.8, 4) is 12.1 Å². The van der Waals surface area contributed by atoms with Gasteiger partial charge >= 0.3 is 0 Å². The number of hydrogen-bond acceptors (Lipinski definition) is 7. The van der Waals surface area contributed by atoms with Gasteiger partial charge < -0.3 is 5.11 Å². The number of pyridine rings is 1. The van der Waals surface area contributed by atoms with Crippen LogP contribution >= 0.6 is 11.6 Å². The van der Waals surface area contributed by atoms with Crippen LogP contribution in [-0.2, 0) is 14.4 Å². The van der Waals surface area contributed by atoms with Crippen LogP contribution in [-0.4, -0.2) is 45.8 Å².